The van der Waals surface area contributed by atoms with Crippen molar-refractivity contribution in [3.63, 3.8) is 0 Å². The highest BCUT2D eigenvalue weighted by atomic mass is 16.6. The van der Waals surface area contributed by atoms with Crippen LogP contribution in [0.25, 0.3) is 0 Å². The lowest BCUT2D eigenvalue weighted by Crippen LogP contribution is -2.30. The van der Waals surface area contributed by atoms with Crippen LogP contribution in [0.5, 0.6) is 0 Å². The molecule has 1 unspecified atom stereocenters. The molecule has 412 valence electrons. The zero-order valence-corrected chi connectivity index (χ0v) is 47.2. The van der Waals surface area contributed by atoms with Gasteiger partial charge in [0.25, 0.3) is 0 Å². The molecule has 6 nitrogen and oxygen atoms in total. The van der Waals surface area contributed by atoms with Gasteiger partial charge in [-0.1, -0.05) is 261 Å². The SMILES string of the molecule is CCCCC/C=C\C=C/CCCCCCCCCCCCC(=O)OCC(COC(=O)CCCCCCCC/C=C\C=C/CCCCC)OC(=O)CCCCCCCCC/C=C\CCCCCCCCCC. The molecule has 71 heavy (non-hydrogen) atoms. The summed E-state index contributed by atoms with van der Waals surface area (Å²) in [6.45, 7) is 6.60. The van der Waals surface area contributed by atoms with Crippen LogP contribution in [0.2, 0.25) is 0 Å². The fourth-order valence-electron chi connectivity index (χ4n) is 8.83. The number of hydrogen-bond donors (Lipinski definition) is 0. The number of carbonyl (C=O) groups excluding carboxylic acids is 3. The molecule has 0 aromatic carbocycles. The first-order valence-electron chi connectivity index (χ1n) is 30.8. The number of carbonyl (C=O) groups is 3. The largest absolute Gasteiger partial charge is 0.462 e. The number of esters is 3. The van der Waals surface area contributed by atoms with Crippen LogP contribution in [-0.4, -0.2) is 37.2 Å². The van der Waals surface area contributed by atoms with E-state index in [2.05, 4.69) is 81.5 Å². The van der Waals surface area contributed by atoms with Crippen molar-refractivity contribution in [2.75, 3.05) is 13.2 Å². The van der Waals surface area contributed by atoms with Crippen LogP contribution in [-0.2, 0) is 28.6 Å². The summed E-state index contributed by atoms with van der Waals surface area (Å²) in [7, 11) is 0. The second-order valence-electron chi connectivity index (χ2n) is 20.7. The fourth-order valence-corrected chi connectivity index (χ4v) is 8.83. The Morgan fingerprint density at radius 2 is 0.507 bits per heavy atom. The molecule has 0 saturated heterocycles. The number of ether oxygens (including phenoxy) is 3. The third-order valence-corrected chi connectivity index (χ3v) is 13.5. The first-order valence-corrected chi connectivity index (χ1v) is 30.8. The molecular formula is C65H116O6. The minimum Gasteiger partial charge on any atom is -0.462 e. The summed E-state index contributed by atoms with van der Waals surface area (Å²) in [6, 6.07) is 0. The molecule has 0 bridgehead atoms. The second-order valence-corrected chi connectivity index (χ2v) is 20.7. The summed E-state index contributed by atoms with van der Waals surface area (Å²) < 4.78 is 16.9. The quantitative estimate of drug-likeness (QED) is 0.0199. The standard InChI is InChI=1S/C65H116O6/c1-4-7-10-13-16-19-22-25-28-30-32-34-37-40-43-46-49-52-55-58-64(67)70-61-62(60-69-63(66)57-54-51-48-45-42-39-36-27-24-21-18-15-12-9-6-3)71-65(68)59-56-53-50-47-44-41-38-35-33-31-29-26-23-20-17-14-11-8-5-2/h16,18-19,21-22,24-25,27,31,33,62H,4-15,17,20,23,26,28-30,32,34-61H2,1-3H3/b19-16-,21-18-,25-22-,27-24-,33-31-. The zero-order chi connectivity index (χ0) is 51.4. The summed E-state index contributed by atoms with van der Waals surface area (Å²) in [4.78, 5) is 38.3. The number of unbranched alkanes of at least 4 members (excludes halogenated alkanes) is 37. The van der Waals surface area contributed by atoms with Crippen LogP contribution < -0.4 is 0 Å². The summed E-state index contributed by atoms with van der Waals surface area (Å²) in [5.74, 6) is -0.885. The van der Waals surface area contributed by atoms with E-state index in [1.807, 2.05) is 0 Å². The Kier molecular flexibility index (Phi) is 57.2. The summed E-state index contributed by atoms with van der Waals surface area (Å²) in [6.07, 6.45) is 74.9. The van der Waals surface area contributed by atoms with Crippen LogP contribution in [0.1, 0.15) is 316 Å². The van der Waals surface area contributed by atoms with Crippen molar-refractivity contribution in [1.29, 1.82) is 0 Å². The lowest BCUT2D eigenvalue weighted by molar-refractivity contribution is -0.167. The van der Waals surface area contributed by atoms with Gasteiger partial charge in [-0.25, -0.2) is 0 Å². The summed E-state index contributed by atoms with van der Waals surface area (Å²) >= 11 is 0. The Morgan fingerprint density at radius 3 is 0.817 bits per heavy atom. The minimum atomic E-state index is -0.783. The Labute approximate surface area is 440 Å². The first kappa shape index (κ1) is 68.1. The molecule has 0 saturated carbocycles. The molecular weight excluding hydrogens is 877 g/mol. The van der Waals surface area contributed by atoms with E-state index in [1.165, 1.54) is 212 Å². The van der Waals surface area contributed by atoms with Gasteiger partial charge in [-0.2, -0.15) is 0 Å². The van der Waals surface area contributed by atoms with Crippen molar-refractivity contribution >= 4 is 17.9 Å². The summed E-state index contributed by atoms with van der Waals surface area (Å²) in [5, 5.41) is 0. The van der Waals surface area contributed by atoms with Gasteiger partial charge < -0.3 is 14.2 Å². The predicted molar refractivity (Wildman–Crippen MR) is 307 cm³/mol. The van der Waals surface area contributed by atoms with Crippen molar-refractivity contribution in [2.45, 2.75) is 322 Å². The maximum absolute atomic E-state index is 12.9. The van der Waals surface area contributed by atoms with E-state index in [4.69, 9.17) is 14.2 Å². The Morgan fingerprint density at radius 1 is 0.282 bits per heavy atom. The number of allylic oxidation sites excluding steroid dienone is 10. The second kappa shape index (κ2) is 59.7. The first-order chi connectivity index (χ1) is 35.0. The predicted octanol–water partition coefficient (Wildman–Crippen LogP) is 20.8. The van der Waals surface area contributed by atoms with Crippen LogP contribution in [0.3, 0.4) is 0 Å². The van der Waals surface area contributed by atoms with Crippen LogP contribution in [0.4, 0.5) is 0 Å². The van der Waals surface area contributed by atoms with Gasteiger partial charge in [-0.15, -0.1) is 0 Å². The van der Waals surface area contributed by atoms with Gasteiger partial charge in [0.15, 0.2) is 6.10 Å². The van der Waals surface area contributed by atoms with Gasteiger partial charge in [-0.05, 0) is 96.3 Å². The highest BCUT2D eigenvalue weighted by Gasteiger charge is 2.19. The molecule has 0 aliphatic heterocycles. The topological polar surface area (TPSA) is 78.9 Å². The Balaban J connectivity index is 4.38. The molecule has 0 aromatic heterocycles. The van der Waals surface area contributed by atoms with E-state index in [-0.39, 0.29) is 31.1 Å². The lowest BCUT2D eigenvalue weighted by Gasteiger charge is -2.18. The van der Waals surface area contributed by atoms with Crippen LogP contribution in [0.15, 0.2) is 60.8 Å². The third-order valence-electron chi connectivity index (χ3n) is 13.5. The van der Waals surface area contributed by atoms with Crippen LogP contribution >= 0.6 is 0 Å². The van der Waals surface area contributed by atoms with Crippen molar-refractivity contribution in [1.82, 2.24) is 0 Å². The minimum absolute atomic E-state index is 0.0802. The summed E-state index contributed by atoms with van der Waals surface area (Å²) in [5.41, 5.74) is 0. The molecule has 6 heteroatoms. The van der Waals surface area contributed by atoms with Crippen molar-refractivity contribution in [3.8, 4) is 0 Å². The molecule has 1 atom stereocenters. The third kappa shape index (κ3) is 57.9. The molecule has 0 radical (unpaired) electrons. The highest BCUT2D eigenvalue weighted by Crippen LogP contribution is 2.16. The van der Waals surface area contributed by atoms with E-state index in [9.17, 15) is 14.4 Å². The van der Waals surface area contributed by atoms with Crippen molar-refractivity contribution in [3.05, 3.63) is 60.8 Å². The molecule has 0 rings (SSSR count). The molecule has 0 aliphatic rings. The monoisotopic (exact) mass is 993 g/mol. The highest BCUT2D eigenvalue weighted by molar-refractivity contribution is 5.71. The molecule has 0 fully saturated rings. The molecule has 0 N–H and O–H groups in total. The van der Waals surface area contributed by atoms with Gasteiger partial charge in [0.05, 0.1) is 0 Å². The van der Waals surface area contributed by atoms with Gasteiger partial charge in [0.2, 0.25) is 0 Å². The number of rotatable bonds is 56. The van der Waals surface area contributed by atoms with E-state index in [0.717, 1.165) is 64.2 Å². The maximum atomic E-state index is 12.9. The Hall–Kier alpha value is -2.89. The van der Waals surface area contributed by atoms with E-state index in [1.54, 1.807) is 0 Å². The Bertz CT molecular complexity index is 1280. The lowest BCUT2D eigenvalue weighted by atomic mass is 10.1. The zero-order valence-electron chi connectivity index (χ0n) is 47.2. The van der Waals surface area contributed by atoms with Gasteiger partial charge in [0.1, 0.15) is 13.2 Å². The fraction of sp³-hybridized carbons (Fsp3) is 0.800. The average Bonchev–Trinajstić information content (AvgIpc) is 3.37. The van der Waals surface area contributed by atoms with E-state index < -0.39 is 6.10 Å². The normalized spacial score (nSPS) is 12.4. The molecule has 0 spiro atoms. The number of hydrogen-bond acceptors (Lipinski definition) is 6. The average molecular weight is 994 g/mol. The van der Waals surface area contributed by atoms with E-state index >= 15 is 0 Å². The van der Waals surface area contributed by atoms with E-state index in [0.29, 0.717) is 19.3 Å². The maximum Gasteiger partial charge on any atom is 0.306 e. The van der Waals surface area contributed by atoms with Crippen molar-refractivity contribution in [2.24, 2.45) is 0 Å². The molecule has 0 aliphatic carbocycles. The molecule has 0 aromatic rings. The molecule has 0 amide bonds. The van der Waals surface area contributed by atoms with Gasteiger partial charge >= 0.3 is 17.9 Å². The van der Waals surface area contributed by atoms with Gasteiger partial charge in [-0.3, -0.25) is 14.4 Å². The van der Waals surface area contributed by atoms with Crippen LogP contribution in [0, 0.1) is 0 Å². The molecule has 0 heterocycles. The van der Waals surface area contributed by atoms with Gasteiger partial charge in [0, 0.05) is 19.3 Å². The van der Waals surface area contributed by atoms with Crippen molar-refractivity contribution < 1.29 is 28.6 Å². The smallest absolute Gasteiger partial charge is 0.306 e.